The Morgan fingerprint density at radius 3 is 2.72 bits per heavy atom. The number of aryl methyl sites for hydroxylation is 1. The van der Waals surface area contributed by atoms with Crippen LogP contribution in [0, 0.1) is 17.0 Å². The van der Waals surface area contributed by atoms with Crippen molar-refractivity contribution in [2.75, 3.05) is 0 Å². The highest BCUT2D eigenvalue weighted by Crippen LogP contribution is 2.14. The Morgan fingerprint density at radius 1 is 1.50 bits per heavy atom. The van der Waals surface area contributed by atoms with E-state index in [2.05, 4.69) is 10.3 Å². The fraction of sp³-hybridized carbons (Fsp3) is 0.364. The van der Waals surface area contributed by atoms with Gasteiger partial charge < -0.3 is 0 Å². The molecule has 0 aliphatic carbocycles. The molecule has 0 saturated heterocycles. The monoisotopic (exact) mass is 251 g/mol. The number of aromatic nitrogens is 1. The first-order valence-electron chi connectivity index (χ1n) is 5.41. The van der Waals surface area contributed by atoms with Crippen LogP contribution in [0.15, 0.2) is 12.3 Å². The Labute approximate surface area is 103 Å². The number of carbonyl (C=O) groups is 2. The van der Waals surface area contributed by atoms with Crippen molar-refractivity contribution in [3.8, 4) is 0 Å². The minimum absolute atomic E-state index is 0.0358. The van der Waals surface area contributed by atoms with Crippen LogP contribution in [-0.2, 0) is 4.79 Å². The fourth-order valence-corrected chi connectivity index (χ4v) is 1.34. The number of nitro groups is 1. The second-order valence-electron chi connectivity index (χ2n) is 3.71. The number of pyridine rings is 1. The number of hydrogen-bond donors (Lipinski definition) is 1. The molecule has 18 heavy (non-hydrogen) atoms. The second kappa shape index (κ2) is 5.85. The maximum atomic E-state index is 11.7. The molecule has 2 amide bonds. The molecule has 7 heteroatoms. The van der Waals surface area contributed by atoms with Gasteiger partial charge in [-0.25, -0.2) is 0 Å². The maximum Gasteiger partial charge on any atom is 0.288 e. The highest BCUT2D eigenvalue weighted by Gasteiger charge is 2.17. The summed E-state index contributed by atoms with van der Waals surface area (Å²) in [4.78, 5) is 36.7. The molecule has 0 aliphatic heterocycles. The van der Waals surface area contributed by atoms with Gasteiger partial charge in [0.1, 0.15) is 6.20 Å². The molecule has 1 rings (SSSR count). The lowest BCUT2D eigenvalue weighted by molar-refractivity contribution is -0.385. The average Bonchev–Trinajstić information content (AvgIpc) is 2.29. The van der Waals surface area contributed by atoms with Crippen LogP contribution in [-0.4, -0.2) is 21.7 Å². The lowest BCUT2D eigenvalue weighted by atomic mass is 10.1. The summed E-state index contributed by atoms with van der Waals surface area (Å²) in [6, 6.07) is 1.11. The molecule has 1 heterocycles. The SMILES string of the molecule is CCCC(=O)NC(=O)c1cc([N+](=O)[O-])cnc1C. The van der Waals surface area contributed by atoms with Crippen LogP contribution in [0.2, 0.25) is 0 Å². The summed E-state index contributed by atoms with van der Waals surface area (Å²) in [7, 11) is 0. The summed E-state index contributed by atoms with van der Waals surface area (Å²) in [5, 5.41) is 12.7. The normalized spacial score (nSPS) is 9.89. The largest absolute Gasteiger partial charge is 0.292 e. The highest BCUT2D eigenvalue weighted by molar-refractivity contribution is 6.05. The lowest BCUT2D eigenvalue weighted by Crippen LogP contribution is -2.30. The first-order valence-corrected chi connectivity index (χ1v) is 5.41. The van der Waals surface area contributed by atoms with Crippen molar-refractivity contribution in [2.24, 2.45) is 0 Å². The van der Waals surface area contributed by atoms with Gasteiger partial charge in [-0.15, -0.1) is 0 Å². The van der Waals surface area contributed by atoms with Crippen molar-refractivity contribution in [3.05, 3.63) is 33.6 Å². The molecule has 0 aromatic carbocycles. The summed E-state index contributed by atoms with van der Waals surface area (Å²) >= 11 is 0. The number of nitrogens with zero attached hydrogens (tertiary/aromatic N) is 2. The summed E-state index contributed by atoms with van der Waals surface area (Å²) in [5.41, 5.74) is 0.0877. The Kier molecular flexibility index (Phi) is 4.47. The number of hydrogen-bond acceptors (Lipinski definition) is 5. The average molecular weight is 251 g/mol. The zero-order valence-corrected chi connectivity index (χ0v) is 10.1. The standard InChI is InChI=1S/C11H13N3O4/c1-3-4-10(15)13-11(16)9-5-8(14(17)18)6-12-7(9)2/h5-6H,3-4H2,1-2H3,(H,13,15,16). The van der Waals surface area contributed by atoms with E-state index >= 15 is 0 Å². The Hall–Kier alpha value is -2.31. The number of imide groups is 1. The van der Waals surface area contributed by atoms with Crippen LogP contribution in [0.1, 0.15) is 35.8 Å². The van der Waals surface area contributed by atoms with E-state index in [0.717, 1.165) is 12.3 Å². The molecule has 1 aromatic rings. The van der Waals surface area contributed by atoms with Crippen LogP contribution in [0.4, 0.5) is 5.69 Å². The third-order valence-corrected chi connectivity index (χ3v) is 2.26. The van der Waals surface area contributed by atoms with Crippen molar-refractivity contribution in [1.82, 2.24) is 10.3 Å². The van der Waals surface area contributed by atoms with Gasteiger partial charge in [0.05, 0.1) is 16.2 Å². The van der Waals surface area contributed by atoms with Crippen molar-refractivity contribution in [2.45, 2.75) is 26.7 Å². The number of rotatable bonds is 4. The van der Waals surface area contributed by atoms with Gasteiger partial charge in [0.15, 0.2) is 0 Å². The van der Waals surface area contributed by atoms with Gasteiger partial charge in [0.25, 0.3) is 11.6 Å². The molecular formula is C11H13N3O4. The Bertz CT molecular complexity index is 499. The first-order chi connectivity index (χ1) is 8.45. The smallest absolute Gasteiger partial charge is 0.288 e. The maximum absolute atomic E-state index is 11.7. The van der Waals surface area contributed by atoms with E-state index < -0.39 is 16.7 Å². The van der Waals surface area contributed by atoms with Crippen molar-refractivity contribution in [1.29, 1.82) is 0 Å². The molecule has 1 N–H and O–H groups in total. The summed E-state index contributed by atoms with van der Waals surface area (Å²) < 4.78 is 0. The van der Waals surface area contributed by atoms with Gasteiger partial charge in [-0.2, -0.15) is 0 Å². The zero-order valence-electron chi connectivity index (χ0n) is 10.1. The predicted molar refractivity (Wildman–Crippen MR) is 63.0 cm³/mol. The molecule has 7 nitrogen and oxygen atoms in total. The predicted octanol–water partition coefficient (Wildman–Crippen LogP) is 1.35. The molecule has 1 aromatic heterocycles. The third-order valence-electron chi connectivity index (χ3n) is 2.26. The Balaban J connectivity index is 2.94. The van der Waals surface area contributed by atoms with Crippen LogP contribution in [0.5, 0.6) is 0 Å². The molecule has 0 fully saturated rings. The Morgan fingerprint density at radius 2 is 2.17 bits per heavy atom. The van der Waals surface area contributed by atoms with E-state index in [1.807, 2.05) is 6.92 Å². The van der Waals surface area contributed by atoms with Gasteiger partial charge in [0.2, 0.25) is 5.91 Å². The summed E-state index contributed by atoms with van der Waals surface area (Å²) in [5.74, 6) is -1.07. The van der Waals surface area contributed by atoms with Crippen LogP contribution in [0.25, 0.3) is 0 Å². The van der Waals surface area contributed by atoms with Gasteiger partial charge >= 0.3 is 0 Å². The molecule has 0 saturated carbocycles. The zero-order chi connectivity index (χ0) is 13.7. The number of amides is 2. The van der Waals surface area contributed by atoms with Crippen LogP contribution in [0.3, 0.4) is 0 Å². The van der Waals surface area contributed by atoms with Gasteiger partial charge in [-0.1, -0.05) is 6.92 Å². The molecule has 0 spiro atoms. The molecule has 0 radical (unpaired) electrons. The minimum Gasteiger partial charge on any atom is -0.292 e. The van der Waals surface area contributed by atoms with E-state index in [9.17, 15) is 19.7 Å². The van der Waals surface area contributed by atoms with E-state index in [0.29, 0.717) is 12.1 Å². The van der Waals surface area contributed by atoms with Crippen molar-refractivity contribution in [3.63, 3.8) is 0 Å². The molecule has 0 unspecified atom stereocenters. The number of carbonyl (C=O) groups excluding carboxylic acids is 2. The van der Waals surface area contributed by atoms with Crippen molar-refractivity contribution >= 4 is 17.5 Å². The summed E-state index contributed by atoms with van der Waals surface area (Å²) in [6.07, 6.45) is 1.92. The first kappa shape index (κ1) is 13.8. The van der Waals surface area contributed by atoms with Gasteiger partial charge in [-0.3, -0.25) is 30.0 Å². The number of nitrogens with one attached hydrogen (secondary N) is 1. The molecule has 0 bridgehead atoms. The highest BCUT2D eigenvalue weighted by atomic mass is 16.6. The van der Waals surface area contributed by atoms with Gasteiger partial charge in [0, 0.05) is 12.5 Å². The van der Waals surface area contributed by atoms with Crippen molar-refractivity contribution < 1.29 is 14.5 Å². The van der Waals surface area contributed by atoms with Crippen LogP contribution < -0.4 is 5.32 Å². The second-order valence-corrected chi connectivity index (χ2v) is 3.71. The van der Waals surface area contributed by atoms with Gasteiger partial charge in [-0.05, 0) is 13.3 Å². The third kappa shape index (κ3) is 3.34. The molecule has 96 valence electrons. The molecule has 0 atom stereocenters. The molecular weight excluding hydrogens is 238 g/mol. The van der Waals surface area contributed by atoms with E-state index in [1.165, 1.54) is 0 Å². The summed E-state index contributed by atoms with van der Waals surface area (Å²) in [6.45, 7) is 3.35. The van der Waals surface area contributed by atoms with E-state index in [1.54, 1.807) is 6.92 Å². The van der Waals surface area contributed by atoms with E-state index in [-0.39, 0.29) is 17.7 Å². The fourth-order valence-electron chi connectivity index (χ4n) is 1.34. The lowest BCUT2D eigenvalue weighted by Gasteiger charge is -2.05. The van der Waals surface area contributed by atoms with E-state index in [4.69, 9.17) is 0 Å². The molecule has 0 aliphatic rings. The topological polar surface area (TPSA) is 102 Å². The quantitative estimate of drug-likeness (QED) is 0.642. The van der Waals surface area contributed by atoms with Crippen LogP contribution >= 0.6 is 0 Å². The minimum atomic E-state index is -0.665.